The van der Waals surface area contributed by atoms with Gasteiger partial charge in [0.25, 0.3) is 0 Å². The van der Waals surface area contributed by atoms with Crippen molar-refractivity contribution < 1.29 is 23.9 Å². The summed E-state index contributed by atoms with van der Waals surface area (Å²) in [5.74, 6) is 0. The van der Waals surface area contributed by atoms with Crippen LogP contribution in [0.4, 0.5) is 9.59 Å². The van der Waals surface area contributed by atoms with Crippen LogP contribution in [-0.4, -0.2) is 67.9 Å². The van der Waals surface area contributed by atoms with Crippen molar-refractivity contribution in [1.29, 1.82) is 0 Å². The van der Waals surface area contributed by atoms with Crippen LogP contribution in [0.1, 0.15) is 12.8 Å². The van der Waals surface area contributed by atoms with Crippen LogP contribution in [0, 0.1) is 0 Å². The van der Waals surface area contributed by atoms with Crippen LogP contribution in [0.5, 0.6) is 0 Å². The smallest absolute Gasteiger partial charge is 0.359 e. The highest BCUT2D eigenvalue weighted by Crippen LogP contribution is 2.40. The Morgan fingerprint density at radius 1 is 0.905 bits per heavy atom. The quantitative estimate of drug-likeness (QED) is 0.604. The number of nitrogens with zero attached hydrogens (tertiary/aromatic N) is 2. The van der Waals surface area contributed by atoms with Gasteiger partial charge in [0.15, 0.2) is 0 Å². The summed E-state index contributed by atoms with van der Waals surface area (Å²) in [4.78, 5) is 50.0. The van der Waals surface area contributed by atoms with E-state index >= 15 is 0 Å². The molecule has 0 aromatic rings. The van der Waals surface area contributed by atoms with E-state index in [0.29, 0.717) is 25.9 Å². The molecule has 0 unspecified atom stereocenters. The van der Waals surface area contributed by atoms with Gasteiger partial charge < -0.3 is 4.74 Å². The Bertz CT molecular complexity index is 520. The Labute approximate surface area is 128 Å². The number of thioether (sulfide) groups is 2. The molecule has 9 heteroatoms. The fourth-order valence-corrected chi connectivity index (χ4v) is 5.74. The van der Waals surface area contributed by atoms with Crippen LogP contribution in [0.25, 0.3) is 0 Å². The predicted octanol–water partition coefficient (Wildman–Crippen LogP) is 0.676. The first-order chi connectivity index (χ1) is 10.0. The fourth-order valence-electron chi connectivity index (χ4n) is 3.29. The number of amides is 2. The maximum atomic E-state index is 12.0. The van der Waals surface area contributed by atoms with Crippen molar-refractivity contribution in [2.75, 3.05) is 13.1 Å². The molecule has 4 saturated heterocycles. The zero-order valence-corrected chi connectivity index (χ0v) is 12.5. The van der Waals surface area contributed by atoms with Crippen LogP contribution < -0.4 is 0 Å². The van der Waals surface area contributed by atoms with Crippen LogP contribution in [0.3, 0.4) is 0 Å². The van der Waals surface area contributed by atoms with Gasteiger partial charge in [-0.3, -0.25) is 19.4 Å². The molecule has 4 aliphatic heterocycles. The number of carbonyl (C=O) groups excluding carboxylic acids is 4. The second-order valence-electron chi connectivity index (χ2n) is 5.56. The van der Waals surface area contributed by atoms with Gasteiger partial charge in [-0.2, -0.15) is 0 Å². The van der Waals surface area contributed by atoms with Crippen molar-refractivity contribution >= 4 is 45.9 Å². The van der Waals surface area contributed by atoms with Crippen LogP contribution in [0.2, 0.25) is 0 Å². The Hall–Kier alpha value is -1.22. The highest BCUT2D eigenvalue weighted by Gasteiger charge is 2.51. The van der Waals surface area contributed by atoms with Crippen molar-refractivity contribution in [2.45, 2.75) is 35.4 Å². The molecular formula is C12H12N2O5S2. The molecule has 0 radical (unpaired) electrons. The molecule has 4 heterocycles. The first-order valence-corrected chi connectivity index (χ1v) is 8.49. The number of ether oxygens (including phenoxy) is 1. The van der Waals surface area contributed by atoms with Gasteiger partial charge >= 0.3 is 12.2 Å². The van der Waals surface area contributed by atoms with Gasteiger partial charge in [-0.1, -0.05) is 23.5 Å². The van der Waals surface area contributed by atoms with Crippen molar-refractivity contribution in [3.8, 4) is 0 Å². The summed E-state index contributed by atoms with van der Waals surface area (Å²) in [6, 6.07) is -0.931. The summed E-state index contributed by atoms with van der Waals surface area (Å²) in [6.45, 7) is 0.877. The molecule has 0 N–H and O–H groups in total. The number of rotatable bonds is 0. The standard InChI is InChI=1S/C12H12N2O5S2/c15-9-7-1-5(20-9)3-13(7)11(17)19-12(18)14-4-6-2-8(14)10(16)21-6/h5-8H,1-4H2/t5-,6-,7-,8-/m0/s1. The lowest BCUT2D eigenvalue weighted by Crippen LogP contribution is -2.47. The van der Waals surface area contributed by atoms with E-state index in [0.717, 1.165) is 0 Å². The fraction of sp³-hybridized carbons (Fsp3) is 0.667. The molecule has 112 valence electrons. The van der Waals surface area contributed by atoms with Gasteiger partial charge in [0.1, 0.15) is 12.1 Å². The Morgan fingerprint density at radius 2 is 1.33 bits per heavy atom. The van der Waals surface area contributed by atoms with Crippen LogP contribution in [-0.2, 0) is 14.3 Å². The SMILES string of the molecule is O=C1S[C@H]2C[C@@H]1N(C(=O)OC(=O)N1C[C@@H]3C[C@H]1C(=O)S3)C2. The van der Waals surface area contributed by atoms with E-state index < -0.39 is 24.3 Å². The van der Waals surface area contributed by atoms with Gasteiger partial charge in [0.05, 0.1) is 0 Å². The summed E-state index contributed by atoms with van der Waals surface area (Å²) >= 11 is 2.52. The summed E-state index contributed by atoms with van der Waals surface area (Å²) in [6.07, 6.45) is -0.278. The minimum atomic E-state index is -0.774. The number of hydrogen-bond donors (Lipinski definition) is 0. The van der Waals surface area contributed by atoms with E-state index in [1.165, 1.54) is 33.3 Å². The van der Waals surface area contributed by atoms with Gasteiger partial charge in [0, 0.05) is 23.6 Å². The average molecular weight is 328 g/mol. The first-order valence-electron chi connectivity index (χ1n) is 6.73. The Morgan fingerprint density at radius 3 is 1.67 bits per heavy atom. The normalized spacial score (nSPS) is 36.8. The largest absolute Gasteiger partial charge is 0.419 e. The molecule has 0 spiro atoms. The van der Waals surface area contributed by atoms with E-state index in [1.54, 1.807) is 0 Å². The number of fused-ring (bicyclic) bond motifs is 4. The van der Waals surface area contributed by atoms with Crippen molar-refractivity contribution in [3.63, 3.8) is 0 Å². The maximum absolute atomic E-state index is 12.0. The summed E-state index contributed by atoms with van der Waals surface area (Å²) in [7, 11) is 0. The lowest BCUT2D eigenvalue weighted by molar-refractivity contribution is -0.114. The minimum Gasteiger partial charge on any atom is -0.359 e. The Kier molecular flexibility index (Phi) is 2.97. The summed E-state index contributed by atoms with van der Waals surface area (Å²) < 4.78 is 4.87. The van der Waals surface area contributed by atoms with Crippen LogP contribution in [0.15, 0.2) is 0 Å². The van der Waals surface area contributed by atoms with Gasteiger partial charge in [-0.25, -0.2) is 9.59 Å². The molecule has 4 aliphatic rings. The van der Waals surface area contributed by atoms with E-state index in [2.05, 4.69) is 0 Å². The minimum absolute atomic E-state index is 0.0394. The lowest BCUT2D eigenvalue weighted by atomic mass is 10.2. The van der Waals surface area contributed by atoms with Gasteiger partial charge in [-0.05, 0) is 12.8 Å². The molecule has 4 rings (SSSR count). The van der Waals surface area contributed by atoms with E-state index in [-0.39, 0.29) is 20.7 Å². The topological polar surface area (TPSA) is 84.0 Å². The molecule has 0 aliphatic carbocycles. The van der Waals surface area contributed by atoms with E-state index in [1.807, 2.05) is 0 Å². The molecule has 0 aromatic heterocycles. The zero-order valence-electron chi connectivity index (χ0n) is 10.9. The molecular weight excluding hydrogens is 316 g/mol. The van der Waals surface area contributed by atoms with Gasteiger partial charge in [-0.15, -0.1) is 0 Å². The predicted molar refractivity (Wildman–Crippen MR) is 74.9 cm³/mol. The Balaban J connectivity index is 1.40. The molecule has 4 fully saturated rings. The molecule has 0 saturated carbocycles. The van der Waals surface area contributed by atoms with Crippen molar-refractivity contribution in [2.24, 2.45) is 0 Å². The molecule has 0 aromatic carbocycles. The monoisotopic (exact) mass is 328 g/mol. The highest BCUT2D eigenvalue weighted by molar-refractivity contribution is 8.15. The van der Waals surface area contributed by atoms with Crippen LogP contribution >= 0.6 is 23.5 Å². The van der Waals surface area contributed by atoms with E-state index in [4.69, 9.17) is 4.74 Å². The number of carbonyl (C=O) groups is 4. The zero-order chi connectivity index (χ0) is 14.7. The van der Waals surface area contributed by atoms with Gasteiger partial charge in [0.2, 0.25) is 10.2 Å². The number of likely N-dealkylation sites (tertiary alicyclic amines) is 2. The summed E-state index contributed by atoms with van der Waals surface area (Å²) in [5.41, 5.74) is 0. The highest BCUT2D eigenvalue weighted by atomic mass is 32.2. The third kappa shape index (κ3) is 2.05. The lowest BCUT2D eigenvalue weighted by Gasteiger charge is -2.27. The second kappa shape index (κ2) is 4.64. The maximum Gasteiger partial charge on any atom is 0.419 e. The molecule has 2 amide bonds. The molecule has 21 heavy (non-hydrogen) atoms. The average Bonchev–Trinajstić information content (AvgIpc) is 3.15. The van der Waals surface area contributed by atoms with E-state index in [9.17, 15) is 19.2 Å². The van der Waals surface area contributed by atoms with Crippen molar-refractivity contribution in [3.05, 3.63) is 0 Å². The third-order valence-corrected chi connectivity index (χ3v) is 6.64. The molecule has 7 nitrogen and oxygen atoms in total. The van der Waals surface area contributed by atoms with Crippen molar-refractivity contribution in [1.82, 2.24) is 9.80 Å². The molecule has 4 bridgehead atoms. The summed E-state index contributed by atoms with van der Waals surface area (Å²) in [5, 5.41) is 0.154. The third-order valence-electron chi connectivity index (χ3n) is 4.28. The number of hydrogen-bond acceptors (Lipinski definition) is 7. The first kappa shape index (κ1) is 13.4. The molecule has 4 atom stereocenters. The second-order valence-corrected chi connectivity index (χ2v) is 8.17.